The fourth-order valence-corrected chi connectivity index (χ4v) is 2.22. The van der Waals surface area contributed by atoms with Gasteiger partial charge in [-0.1, -0.05) is 50.3 Å². The predicted octanol–water partition coefficient (Wildman–Crippen LogP) is 3.85. The minimum atomic E-state index is 0.551. The zero-order valence-electron chi connectivity index (χ0n) is 12.0. The highest BCUT2D eigenvalue weighted by Gasteiger charge is 2.12. The third-order valence-corrected chi connectivity index (χ3v) is 3.43. The quantitative estimate of drug-likeness (QED) is 0.804. The fourth-order valence-electron chi connectivity index (χ4n) is 2.22. The Labute approximate surface area is 117 Å². The van der Waals surface area contributed by atoms with Gasteiger partial charge in [-0.05, 0) is 36.1 Å². The maximum Gasteiger partial charge on any atom is 0.0455 e. The van der Waals surface area contributed by atoms with E-state index in [0.29, 0.717) is 5.92 Å². The minimum absolute atomic E-state index is 0.551. The van der Waals surface area contributed by atoms with Gasteiger partial charge in [-0.2, -0.15) is 0 Å². The van der Waals surface area contributed by atoms with Crippen molar-refractivity contribution < 1.29 is 0 Å². The number of benzene rings is 1. The summed E-state index contributed by atoms with van der Waals surface area (Å²) in [6.45, 7) is 6.52. The van der Waals surface area contributed by atoms with Crippen LogP contribution < -0.4 is 5.32 Å². The maximum absolute atomic E-state index is 3.31. The molecule has 19 heavy (non-hydrogen) atoms. The van der Waals surface area contributed by atoms with Crippen molar-refractivity contribution in [3.8, 4) is 11.8 Å². The van der Waals surface area contributed by atoms with Gasteiger partial charge in [0.2, 0.25) is 0 Å². The van der Waals surface area contributed by atoms with Crippen molar-refractivity contribution in [2.45, 2.75) is 33.1 Å². The van der Waals surface area contributed by atoms with Crippen LogP contribution in [-0.2, 0) is 0 Å². The molecule has 1 aromatic rings. The zero-order chi connectivity index (χ0) is 13.5. The summed E-state index contributed by atoms with van der Waals surface area (Å²) in [7, 11) is 0. The summed E-state index contributed by atoms with van der Waals surface area (Å²) in [6, 6.07) is 8.71. The standard InChI is InChI=1S/C18H23N/c1-3-5-17(6-4-2)18-11-9-15(10-12-18)7-8-16-13-19-14-16/h5,9-12,16,19H,3-4,6,13-14H2,1-2H3/b17-5+. The Bertz CT molecular complexity index is 481. The molecule has 0 amide bonds. The molecular weight excluding hydrogens is 230 g/mol. The van der Waals surface area contributed by atoms with Gasteiger partial charge in [-0.15, -0.1) is 0 Å². The smallest absolute Gasteiger partial charge is 0.0455 e. The molecule has 0 aromatic heterocycles. The molecule has 1 heteroatoms. The van der Waals surface area contributed by atoms with Crippen molar-refractivity contribution in [3.63, 3.8) is 0 Å². The lowest BCUT2D eigenvalue weighted by Gasteiger charge is -2.21. The van der Waals surface area contributed by atoms with Crippen molar-refractivity contribution in [2.75, 3.05) is 13.1 Å². The molecule has 1 saturated heterocycles. The van der Waals surface area contributed by atoms with Crippen molar-refractivity contribution in [3.05, 3.63) is 41.5 Å². The average Bonchev–Trinajstić information content (AvgIpc) is 2.38. The topological polar surface area (TPSA) is 12.0 Å². The van der Waals surface area contributed by atoms with Gasteiger partial charge < -0.3 is 5.32 Å². The molecular formula is C18H23N. The van der Waals surface area contributed by atoms with Crippen molar-refractivity contribution >= 4 is 5.57 Å². The highest BCUT2D eigenvalue weighted by atomic mass is 14.9. The zero-order valence-corrected chi connectivity index (χ0v) is 12.0. The van der Waals surface area contributed by atoms with Crippen LogP contribution in [0.25, 0.3) is 5.57 Å². The Kier molecular flexibility index (Phi) is 5.24. The summed E-state index contributed by atoms with van der Waals surface area (Å²) in [6.07, 6.45) is 5.80. The van der Waals surface area contributed by atoms with Gasteiger partial charge in [-0.3, -0.25) is 0 Å². The van der Waals surface area contributed by atoms with Crippen LogP contribution in [0.5, 0.6) is 0 Å². The van der Waals surface area contributed by atoms with E-state index in [9.17, 15) is 0 Å². The molecule has 1 heterocycles. The Morgan fingerprint density at radius 3 is 2.53 bits per heavy atom. The summed E-state index contributed by atoms with van der Waals surface area (Å²) in [4.78, 5) is 0. The van der Waals surface area contributed by atoms with Gasteiger partial charge in [0.1, 0.15) is 0 Å². The van der Waals surface area contributed by atoms with Crippen LogP contribution in [-0.4, -0.2) is 13.1 Å². The molecule has 1 aliphatic rings. The van der Waals surface area contributed by atoms with Crippen LogP contribution in [0.3, 0.4) is 0 Å². The Hall–Kier alpha value is -1.52. The normalized spacial score (nSPS) is 15.6. The Morgan fingerprint density at radius 1 is 1.26 bits per heavy atom. The van der Waals surface area contributed by atoms with Gasteiger partial charge in [0.25, 0.3) is 0 Å². The molecule has 1 nitrogen and oxygen atoms in total. The molecule has 1 N–H and O–H groups in total. The maximum atomic E-state index is 3.31. The third kappa shape index (κ3) is 3.98. The first-order valence-corrected chi connectivity index (χ1v) is 7.35. The van der Waals surface area contributed by atoms with E-state index in [-0.39, 0.29) is 0 Å². The first-order chi connectivity index (χ1) is 9.33. The number of allylic oxidation sites excluding steroid dienone is 2. The molecule has 1 fully saturated rings. The van der Waals surface area contributed by atoms with Crippen molar-refractivity contribution in [1.29, 1.82) is 0 Å². The highest BCUT2D eigenvalue weighted by molar-refractivity contribution is 5.66. The molecule has 1 aliphatic heterocycles. The predicted molar refractivity (Wildman–Crippen MR) is 82.9 cm³/mol. The Balaban J connectivity index is 2.07. The molecule has 0 aliphatic carbocycles. The van der Waals surface area contributed by atoms with Crippen LogP contribution in [0.2, 0.25) is 0 Å². The number of rotatable bonds is 4. The van der Waals surface area contributed by atoms with E-state index < -0.39 is 0 Å². The first kappa shape index (κ1) is 13.9. The average molecular weight is 253 g/mol. The van der Waals surface area contributed by atoms with Gasteiger partial charge in [-0.25, -0.2) is 0 Å². The van der Waals surface area contributed by atoms with Crippen molar-refractivity contribution in [1.82, 2.24) is 5.32 Å². The third-order valence-electron chi connectivity index (χ3n) is 3.43. The van der Waals surface area contributed by atoms with Gasteiger partial charge in [0, 0.05) is 24.6 Å². The second-order valence-electron chi connectivity index (χ2n) is 5.09. The van der Waals surface area contributed by atoms with Crippen LogP contribution in [0.1, 0.15) is 44.2 Å². The molecule has 0 saturated carbocycles. The van der Waals surface area contributed by atoms with E-state index in [1.165, 1.54) is 17.6 Å². The monoisotopic (exact) mass is 253 g/mol. The summed E-state index contributed by atoms with van der Waals surface area (Å²) >= 11 is 0. The number of nitrogens with one attached hydrogen (secondary N) is 1. The fraction of sp³-hybridized carbons (Fsp3) is 0.444. The van der Waals surface area contributed by atoms with Crippen molar-refractivity contribution in [2.24, 2.45) is 5.92 Å². The number of hydrogen-bond acceptors (Lipinski definition) is 1. The van der Waals surface area contributed by atoms with Crippen LogP contribution in [0.4, 0.5) is 0 Å². The molecule has 1 aromatic carbocycles. The second kappa shape index (κ2) is 7.16. The summed E-state index contributed by atoms with van der Waals surface area (Å²) in [5, 5.41) is 3.24. The van der Waals surface area contributed by atoms with E-state index in [4.69, 9.17) is 0 Å². The molecule has 0 unspecified atom stereocenters. The van der Waals surface area contributed by atoms with E-state index in [2.05, 4.69) is 61.3 Å². The first-order valence-electron chi connectivity index (χ1n) is 7.35. The van der Waals surface area contributed by atoms with Crippen LogP contribution >= 0.6 is 0 Å². The van der Waals surface area contributed by atoms with E-state index in [1.54, 1.807) is 0 Å². The lowest BCUT2D eigenvalue weighted by Crippen LogP contribution is -2.40. The lowest BCUT2D eigenvalue weighted by molar-refractivity contribution is 0.432. The van der Waals surface area contributed by atoms with Crippen LogP contribution in [0, 0.1) is 17.8 Å². The second-order valence-corrected chi connectivity index (χ2v) is 5.09. The molecule has 0 radical (unpaired) electrons. The molecule has 0 atom stereocenters. The molecule has 2 rings (SSSR count). The summed E-state index contributed by atoms with van der Waals surface area (Å²) < 4.78 is 0. The highest BCUT2D eigenvalue weighted by Crippen LogP contribution is 2.21. The molecule has 100 valence electrons. The van der Waals surface area contributed by atoms with E-state index >= 15 is 0 Å². The van der Waals surface area contributed by atoms with E-state index in [1.807, 2.05) is 0 Å². The summed E-state index contributed by atoms with van der Waals surface area (Å²) in [5.41, 5.74) is 3.94. The Morgan fingerprint density at radius 2 is 2.00 bits per heavy atom. The largest absolute Gasteiger partial charge is 0.314 e. The van der Waals surface area contributed by atoms with E-state index in [0.717, 1.165) is 31.5 Å². The van der Waals surface area contributed by atoms with Gasteiger partial charge in [0.05, 0.1) is 0 Å². The van der Waals surface area contributed by atoms with Gasteiger partial charge in [0.15, 0.2) is 0 Å². The minimum Gasteiger partial charge on any atom is -0.314 e. The molecule has 0 bridgehead atoms. The summed E-state index contributed by atoms with van der Waals surface area (Å²) in [5.74, 6) is 7.13. The number of hydrogen-bond donors (Lipinski definition) is 1. The SMILES string of the molecule is CC/C=C(\CCC)c1ccc(C#CC2CNC2)cc1. The molecule has 0 spiro atoms. The van der Waals surface area contributed by atoms with Crippen LogP contribution in [0.15, 0.2) is 30.3 Å². The lowest BCUT2D eigenvalue weighted by atomic mass is 9.99. The van der Waals surface area contributed by atoms with Gasteiger partial charge >= 0.3 is 0 Å².